The minimum atomic E-state index is -0.00310. The van der Waals surface area contributed by atoms with Gasteiger partial charge in [-0.3, -0.25) is 4.79 Å². The molecule has 2 aromatic carbocycles. The normalized spacial score (nSPS) is 11.9. The third-order valence-corrected chi connectivity index (χ3v) is 3.89. The van der Waals surface area contributed by atoms with Gasteiger partial charge in [-0.25, -0.2) is 0 Å². The molecule has 3 nitrogen and oxygen atoms in total. The van der Waals surface area contributed by atoms with Crippen LogP contribution in [0.15, 0.2) is 79.1 Å². The molecule has 1 aromatic heterocycles. The minimum Gasteiger partial charge on any atom is -0.346 e. The van der Waals surface area contributed by atoms with Crippen molar-refractivity contribution >= 4 is 11.6 Å². The van der Waals surface area contributed by atoms with E-state index in [0.29, 0.717) is 6.42 Å². The molecule has 0 fully saturated rings. The second-order valence-corrected chi connectivity index (χ2v) is 5.68. The van der Waals surface area contributed by atoms with E-state index in [-0.39, 0.29) is 11.9 Å². The summed E-state index contributed by atoms with van der Waals surface area (Å²) in [7, 11) is 0. The van der Waals surface area contributed by atoms with Crippen LogP contribution in [0.3, 0.4) is 0 Å². The lowest BCUT2D eigenvalue weighted by Crippen LogP contribution is -2.19. The molecule has 0 spiro atoms. The van der Waals surface area contributed by atoms with Gasteiger partial charge in [-0.05, 0) is 36.8 Å². The molecule has 1 heterocycles. The molecule has 0 aliphatic heterocycles. The van der Waals surface area contributed by atoms with Gasteiger partial charge in [0.1, 0.15) is 0 Å². The zero-order valence-electron chi connectivity index (χ0n) is 13.1. The molecule has 1 amide bonds. The number of anilines is 1. The molecule has 116 valence electrons. The highest BCUT2D eigenvalue weighted by molar-refractivity contribution is 5.91. The van der Waals surface area contributed by atoms with Gasteiger partial charge >= 0.3 is 0 Å². The monoisotopic (exact) mass is 304 g/mol. The first kappa shape index (κ1) is 15.1. The van der Waals surface area contributed by atoms with E-state index in [2.05, 4.69) is 22.0 Å². The van der Waals surface area contributed by atoms with Crippen molar-refractivity contribution in [3.05, 3.63) is 90.3 Å². The first-order chi connectivity index (χ1) is 11.2. The van der Waals surface area contributed by atoms with E-state index >= 15 is 0 Å². The largest absolute Gasteiger partial charge is 0.346 e. The fraction of sp³-hybridized carbons (Fsp3) is 0.150. The highest BCUT2D eigenvalue weighted by Crippen LogP contribution is 2.23. The second kappa shape index (κ2) is 6.97. The van der Waals surface area contributed by atoms with Crippen LogP contribution < -0.4 is 5.32 Å². The minimum absolute atomic E-state index is 0.00310. The van der Waals surface area contributed by atoms with E-state index in [1.54, 1.807) is 0 Å². The van der Waals surface area contributed by atoms with Gasteiger partial charge in [0.2, 0.25) is 5.91 Å². The molecule has 0 saturated carbocycles. The Morgan fingerprint density at radius 2 is 1.61 bits per heavy atom. The van der Waals surface area contributed by atoms with E-state index in [1.165, 1.54) is 5.56 Å². The van der Waals surface area contributed by atoms with Crippen LogP contribution in [-0.4, -0.2) is 10.5 Å². The summed E-state index contributed by atoms with van der Waals surface area (Å²) in [5, 5.41) is 2.98. The van der Waals surface area contributed by atoms with Crippen LogP contribution in [0.25, 0.3) is 0 Å². The Labute approximate surface area is 136 Å². The van der Waals surface area contributed by atoms with Gasteiger partial charge in [0.15, 0.2) is 0 Å². The van der Waals surface area contributed by atoms with Gasteiger partial charge in [-0.2, -0.15) is 0 Å². The smallest absolute Gasteiger partial charge is 0.226 e. The number of carbonyl (C=O) groups excluding carboxylic acids is 1. The van der Waals surface area contributed by atoms with Crippen molar-refractivity contribution in [2.45, 2.75) is 19.4 Å². The van der Waals surface area contributed by atoms with E-state index in [4.69, 9.17) is 0 Å². The van der Waals surface area contributed by atoms with Crippen LogP contribution in [0.1, 0.15) is 23.6 Å². The lowest BCUT2D eigenvalue weighted by atomic mass is 10.0. The molecule has 1 unspecified atom stereocenters. The predicted octanol–water partition coefficient (Wildman–Crippen LogP) is 4.41. The number of hydrogen-bond acceptors (Lipinski definition) is 1. The fourth-order valence-electron chi connectivity index (χ4n) is 2.65. The lowest BCUT2D eigenvalue weighted by molar-refractivity contribution is -0.116. The van der Waals surface area contributed by atoms with Crippen molar-refractivity contribution < 1.29 is 4.79 Å². The molecule has 3 heteroatoms. The van der Waals surface area contributed by atoms with Gasteiger partial charge in [0.05, 0.1) is 12.5 Å². The van der Waals surface area contributed by atoms with Gasteiger partial charge < -0.3 is 9.88 Å². The van der Waals surface area contributed by atoms with Crippen molar-refractivity contribution in [1.29, 1.82) is 0 Å². The van der Waals surface area contributed by atoms with Gasteiger partial charge in [-0.1, -0.05) is 48.0 Å². The summed E-state index contributed by atoms with van der Waals surface area (Å²) >= 11 is 0. The van der Waals surface area contributed by atoms with E-state index in [1.807, 2.05) is 73.9 Å². The number of aryl methyl sites for hydroxylation is 1. The average molecular weight is 304 g/mol. The van der Waals surface area contributed by atoms with Crippen LogP contribution >= 0.6 is 0 Å². The lowest BCUT2D eigenvalue weighted by Gasteiger charge is -2.19. The Kier molecular flexibility index (Phi) is 4.57. The number of amides is 1. The summed E-state index contributed by atoms with van der Waals surface area (Å²) in [6, 6.07) is 21.9. The molecule has 0 aliphatic carbocycles. The molecule has 0 radical (unpaired) electrons. The van der Waals surface area contributed by atoms with Crippen molar-refractivity contribution in [1.82, 2.24) is 4.57 Å². The SMILES string of the molecule is Cc1ccc(NC(=O)CC(c2ccccc2)n2cccc2)cc1. The van der Waals surface area contributed by atoms with Gasteiger partial charge in [0.25, 0.3) is 0 Å². The summed E-state index contributed by atoms with van der Waals surface area (Å²) in [6.07, 6.45) is 4.39. The standard InChI is InChI=1S/C20H20N2O/c1-16-9-11-18(12-10-16)21-20(23)15-19(22-13-5-6-14-22)17-7-3-2-4-8-17/h2-14,19H,15H2,1H3,(H,21,23). The Balaban J connectivity index is 1.76. The highest BCUT2D eigenvalue weighted by atomic mass is 16.1. The topological polar surface area (TPSA) is 34.0 Å². The summed E-state index contributed by atoms with van der Waals surface area (Å²) in [5.74, 6) is 0.0106. The Hall–Kier alpha value is -2.81. The number of carbonyl (C=O) groups is 1. The molecule has 1 N–H and O–H groups in total. The molecule has 1 atom stereocenters. The quantitative estimate of drug-likeness (QED) is 0.744. The van der Waals surface area contributed by atoms with E-state index in [0.717, 1.165) is 11.3 Å². The Morgan fingerprint density at radius 1 is 0.957 bits per heavy atom. The number of aromatic nitrogens is 1. The number of benzene rings is 2. The predicted molar refractivity (Wildman–Crippen MR) is 93.4 cm³/mol. The van der Waals surface area contributed by atoms with Gasteiger partial charge in [0, 0.05) is 18.1 Å². The first-order valence-electron chi connectivity index (χ1n) is 7.76. The van der Waals surface area contributed by atoms with Crippen LogP contribution in [-0.2, 0) is 4.79 Å². The van der Waals surface area contributed by atoms with Crippen LogP contribution in [0.5, 0.6) is 0 Å². The average Bonchev–Trinajstić information content (AvgIpc) is 3.10. The molecular weight excluding hydrogens is 284 g/mol. The fourth-order valence-corrected chi connectivity index (χ4v) is 2.65. The molecule has 0 bridgehead atoms. The summed E-state index contributed by atoms with van der Waals surface area (Å²) < 4.78 is 2.07. The van der Waals surface area contributed by atoms with Crippen LogP contribution in [0.2, 0.25) is 0 Å². The number of nitrogens with zero attached hydrogens (tertiary/aromatic N) is 1. The van der Waals surface area contributed by atoms with E-state index in [9.17, 15) is 4.79 Å². The molecular formula is C20H20N2O. The number of hydrogen-bond donors (Lipinski definition) is 1. The summed E-state index contributed by atoms with van der Waals surface area (Å²) in [4.78, 5) is 12.5. The summed E-state index contributed by atoms with van der Waals surface area (Å²) in [6.45, 7) is 2.03. The molecule has 0 aliphatic rings. The van der Waals surface area contributed by atoms with Crippen LogP contribution in [0.4, 0.5) is 5.69 Å². The highest BCUT2D eigenvalue weighted by Gasteiger charge is 2.17. The van der Waals surface area contributed by atoms with Crippen molar-refractivity contribution in [2.24, 2.45) is 0 Å². The van der Waals surface area contributed by atoms with Crippen LogP contribution in [0, 0.1) is 6.92 Å². The Bertz CT molecular complexity index is 746. The first-order valence-corrected chi connectivity index (χ1v) is 7.76. The van der Waals surface area contributed by atoms with Crippen molar-refractivity contribution in [2.75, 3.05) is 5.32 Å². The van der Waals surface area contributed by atoms with Crippen molar-refractivity contribution in [3.8, 4) is 0 Å². The van der Waals surface area contributed by atoms with E-state index < -0.39 is 0 Å². The second-order valence-electron chi connectivity index (χ2n) is 5.68. The number of nitrogens with one attached hydrogen (secondary N) is 1. The maximum absolute atomic E-state index is 12.5. The van der Waals surface area contributed by atoms with Crippen molar-refractivity contribution in [3.63, 3.8) is 0 Å². The molecule has 3 aromatic rings. The maximum Gasteiger partial charge on any atom is 0.226 e. The molecule has 3 rings (SSSR count). The molecule has 23 heavy (non-hydrogen) atoms. The number of rotatable bonds is 5. The third-order valence-electron chi connectivity index (χ3n) is 3.89. The summed E-state index contributed by atoms with van der Waals surface area (Å²) in [5.41, 5.74) is 3.14. The maximum atomic E-state index is 12.5. The third kappa shape index (κ3) is 3.89. The molecule has 0 saturated heterocycles. The zero-order chi connectivity index (χ0) is 16.1. The Morgan fingerprint density at radius 3 is 2.26 bits per heavy atom. The van der Waals surface area contributed by atoms with Gasteiger partial charge in [-0.15, -0.1) is 0 Å². The zero-order valence-corrected chi connectivity index (χ0v) is 13.1.